The average molecular weight is 160 g/mol. The summed E-state index contributed by atoms with van der Waals surface area (Å²) >= 11 is 0. The predicted molar refractivity (Wildman–Crippen MR) is 40.4 cm³/mol. The van der Waals surface area contributed by atoms with E-state index in [1.165, 1.54) is 0 Å². The standard InChI is InChI=1S/C6H4N6/c1-2-5-9-10-11-12(5)6-4(1)7-3-8-6/h1-3H,(H,7,8). The van der Waals surface area contributed by atoms with Crippen LogP contribution in [0.5, 0.6) is 0 Å². The molecule has 3 rings (SSSR count). The number of nitrogens with one attached hydrogen (secondary N) is 1. The van der Waals surface area contributed by atoms with Crippen molar-refractivity contribution in [2.45, 2.75) is 0 Å². The zero-order valence-electron chi connectivity index (χ0n) is 5.97. The Bertz CT molecular complexity index is 485. The quantitative estimate of drug-likeness (QED) is 0.502. The molecule has 0 saturated heterocycles. The number of hydrogen-bond donors (Lipinski definition) is 1. The molecule has 0 unspecified atom stereocenters. The number of aromatic amines is 1. The number of H-pyrrole nitrogens is 1. The summed E-state index contributed by atoms with van der Waals surface area (Å²) in [4.78, 5) is 7.06. The summed E-state index contributed by atoms with van der Waals surface area (Å²) in [5.41, 5.74) is 2.38. The van der Waals surface area contributed by atoms with Crippen LogP contribution in [0.4, 0.5) is 0 Å². The van der Waals surface area contributed by atoms with E-state index in [1.54, 1.807) is 10.8 Å². The Morgan fingerprint density at radius 1 is 1.33 bits per heavy atom. The number of aromatic nitrogens is 6. The summed E-state index contributed by atoms with van der Waals surface area (Å²) in [7, 11) is 0. The molecular weight excluding hydrogens is 156 g/mol. The van der Waals surface area contributed by atoms with Gasteiger partial charge >= 0.3 is 0 Å². The van der Waals surface area contributed by atoms with Crippen molar-refractivity contribution in [2.75, 3.05) is 0 Å². The molecule has 3 aromatic rings. The van der Waals surface area contributed by atoms with Crippen molar-refractivity contribution in [3.63, 3.8) is 0 Å². The molecule has 12 heavy (non-hydrogen) atoms. The molecule has 1 N–H and O–H groups in total. The normalized spacial score (nSPS) is 11.3. The van der Waals surface area contributed by atoms with Crippen molar-refractivity contribution >= 4 is 16.8 Å². The van der Waals surface area contributed by atoms with Gasteiger partial charge in [-0.05, 0) is 22.6 Å². The molecule has 0 radical (unpaired) electrons. The predicted octanol–water partition coefficient (Wildman–Crippen LogP) is 0.000600. The number of fused-ring (bicyclic) bond motifs is 3. The summed E-state index contributed by atoms with van der Waals surface area (Å²) in [6.07, 6.45) is 1.62. The fraction of sp³-hybridized carbons (Fsp3) is 0. The smallest absolute Gasteiger partial charge is 0.182 e. The van der Waals surface area contributed by atoms with Gasteiger partial charge in [-0.25, -0.2) is 4.98 Å². The van der Waals surface area contributed by atoms with E-state index in [-0.39, 0.29) is 0 Å². The molecule has 0 amide bonds. The van der Waals surface area contributed by atoms with Crippen LogP contribution in [0.1, 0.15) is 0 Å². The molecule has 0 aliphatic carbocycles. The van der Waals surface area contributed by atoms with Crippen LogP contribution in [0.2, 0.25) is 0 Å². The van der Waals surface area contributed by atoms with Crippen molar-refractivity contribution in [3.8, 4) is 0 Å². The van der Waals surface area contributed by atoms with E-state index in [1.807, 2.05) is 12.1 Å². The average Bonchev–Trinajstić information content (AvgIpc) is 2.71. The molecule has 0 bridgehead atoms. The maximum absolute atomic E-state index is 4.08. The highest BCUT2D eigenvalue weighted by Gasteiger charge is 2.02. The van der Waals surface area contributed by atoms with Crippen molar-refractivity contribution in [2.24, 2.45) is 0 Å². The van der Waals surface area contributed by atoms with Gasteiger partial charge in [0.15, 0.2) is 11.3 Å². The zero-order valence-corrected chi connectivity index (χ0v) is 5.97. The van der Waals surface area contributed by atoms with E-state index in [4.69, 9.17) is 0 Å². The minimum absolute atomic E-state index is 0.703. The molecular formula is C6H4N6. The Kier molecular flexibility index (Phi) is 0.840. The molecule has 0 saturated carbocycles. The number of rotatable bonds is 0. The maximum Gasteiger partial charge on any atom is 0.182 e. The first kappa shape index (κ1) is 5.64. The molecule has 58 valence electrons. The fourth-order valence-corrected chi connectivity index (χ4v) is 1.20. The van der Waals surface area contributed by atoms with Gasteiger partial charge in [0.2, 0.25) is 0 Å². The van der Waals surface area contributed by atoms with Crippen LogP contribution in [0.25, 0.3) is 16.8 Å². The molecule has 0 atom stereocenters. The van der Waals surface area contributed by atoms with Crippen LogP contribution in [-0.4, -0.2) is 30.0 Å². The van der Waals surface area contributed by atoms with Gasteiger partial charge < -0.3 is 4.98 Å². The van der Waals surface area contributed by atoms with E-state index in [0.29, 0.717) is 5.65 Å². The molecule has 3 heterocycles. The maximum atomic E-state index is 4.08. The summed E-state index contributed by atoms with van der Waals surface area (Å²) in [5.74, 6) is 0. The second kappa shape index (κ2) is 1.79. The van der Waals surface area contributed by atoms with Gasteiger partial charge in [0, 0.05) is 0 Å². The van der Waals surface area contributed by atoms with E-state index in [9.17, 15) is 0 Å². The largest absolute Gasteiger partial charge is 0.343 e. The Hall–Kier alpha value is -1.98. The van der Waals surface area contributed by atoms with Crippen molar-refractivity contribution in [1.82, 2.24) is 30.0 Å². The van der Waals surface area contributed by atoms with Gasteiger partial charge in [-0.15, -0.1) is 5.10 Å². The van der Waals surface area contributed by atoms with Crippen LogP contribution in [-0.2, 0) is 0 Å². The Morgan fingerprint density at radius 2 is 2.33 bits per heavy atom. The van der Waals surface area contributed by atoms with Crippen molar-refractivity contribution in [1.29, 1.82) is 0 Å². The summed E-state index contributed by atoms with van der Waals surface area (Å²) < 4.78 is 1.59. The lowest BCUT2D eigenvalue weighted by Gasteiger charge is -1.88. The number of hydrogen-bond acceptors (Lipinski definition) is 4. The van der Waals surface area contributed by atoms with Gasteiger partial charge in [0.05, 0.1) is 11.8 Å². The van der Waals surface area contributed by atoms with E-state index >= 15 is 0 Å². The fourth-order valence-electron chi connectivity index (χ4n) is 1.20. The van der Waals surface area contributed by atoms with Crippen LogP contribution in [0.3, 0.4) is 0 Å². The molecule has 3 aromatic heterocycles. The van der Waals surface area contributed by atoms with Crippen LogP contribution in [0.15, 0.2) is 18.5 Å². The Labute approximate surface area is 66.2 Å². The first-order valence-electron chi connectivity index (χ1n) is 3.45. The highest BCUT2D eigenvalue weighted by Crippen LogP contribution is 2.08. The molecule has 6 heteroatoms. The first-order chi connectivity index (χ1) is 5.95. The van der Waals surface area contributed by atoms with Gasteiger partial charge in [0.1, 0.15) is 0 Å². The van der Waals surface area contributed by atoms with Gasteiger partial charge in [-0.2, -0.15) is 4.52 Å². The summed E-state index contributed by atoms with van der Waals surface area (Å²) in [6, 6.07) is 3.73. The molecule has 0 aliphatic heterocycles. The highest BCUT2D eigenvalue weighted by molar-refractivity contribution is 5.73. The zero-order chi connectivity index (χ0) is 7.97. The van der Waals surface area contributed by atoms with E-state index in [0.717, 1.165) is 11.2 Å². The topological polar surface area (TPSA) is 71.8 Å². The molecule has 0 fully saturated rings. The monoisotopic (exact) mass is 160 g/mol. The third-order valence-electron chi connectivity index (χ3n) is 1.74. The number of pyridine rings is 1. The molecule has 0 aromatic carbocycles. The number of nitrogens with zero attached hydrogens (tertiary/aromatic N) is 5. The van der Waals surface area contributed by atoms with Crippen molar-refractivity contribution < 1.29 is 0 Å². The summed E-state index contributed by atoms with van der Waals surface area (Å²) in [6.45, 7) is 0. The van der Waals surface area contributed by atoms with Gasteiger partial charge in [-0.1, -0.05) is 0 Å². The second-order valence-corrected chi connectivity index (χ2v) is 2.42. The van der Waals surface area contributed by atoms with Crippen molar-refractivity contribution in [3.05, 3.63) is 18.5 Å². The SMILES string of the molecule is c1nc2c(ccc3nnnn32)[nH]1. The van der Waals surface area contributed by atoms with Crippen LogP contribution < -0.4 is 0 Å². The molecule has 0 spiro atoms. The highest BCUT2D eigenvalue weighted by atomic mass is 15.5. The Morgan fingerprint density at radius 3 is 3.33 bits per heavy atom. The first-order valence-corrected chi connectivity index (χ1v) is 3.45. The number of tetrazole rings is 1. The third-order valence-corrected chi connectivity index (χ3v) is 1.74. The Balaban J connectivity index is 2.71. The lowest BCUT2D eigenvalue weighted by molar-refractivity contribution is 0.836. The summed E-state index contributed by atoms with van der Waals surface area (Å²) in [5, 5.41) is 11.1. The lowest BCUT2D eigenvalue weighted by Crippen LogP contribution is -1.89. The lowest BCUT2D eigenvalue weighted by atomic mass is 10.4. The van der Waals surface area contributed by atoms with E-state index < -0.39 is 0 Å². The van der Waals surface area contributed by atoms with Gasteiger partial charge in [-0.3, -0.25) is 0 Å². The molecule has 0 aliphatic rings. The minimum atomic E-state index is 0.703. The number of imidazole rings is 1. The molecule has 6 nitrogen and oxygen atoms in total. The second-order valence-electron chi connectivity index (χ2n) is 2.42. The van der Waals surface area contributed by atoms with Crippen LogP contribution in [0, 0.1) is 0 Å². The van der Waals surface area contributed by atoms with Gasteiger partial charge in [0.25, 0.3) is 0 Å². The minimum Gasteiger partial charge on any atom is -0.343 e. The van der Waals surface area contributed by atoms with E-state index in [2.05, 4.69) is 25.5 Å². The third kappa shape index (κ3) is 0.541. The van der Waals surface area contributed by atoms with Crippen LogP contribution >= 0.6 is 0 Å².